The highest BCUT2D eigenvalue weighted by Gasteiger charge is 2.20. The fourth-order valence-electron chi connectivity index (χ4n) is 2.33. The molecule has 1 saturated heterocycles. The van der Waals surface area contributed by atoms with Gasteiger partial charge in [0.25, 0.3) is 0 Å². The van der Waals surface area contributed by atoms with Gasteiger partial charge in [-0.05, 0) is 44.0 Å². The molecule has 1 atom stereocenters. The molecule has 2 rings (SSSR count). The lowest BCUT2D eigenvalue weighted by molar-refractivity contribution is -0.118. The molecule has 2 amide bonds. The van der Waals surface area contributed by atoms with Crippen LogP contribution in [0.25, 0.3) is 0 Å². The van der Waals surface area contributed by atoms with Gasteiger partial charge in [-0.25, -0.2) is 0 Å². The van der Waals surface area contributed by atoms with Gasteiger partial charge in [0.15, 0.2) is 0 Å². The third-order valence-corrected chi connectivity index (χ3v) is 3.44. The van der Waals surface area contributed by atoms with E-state index < -0.39 is 0 Å². The van der Waals surface area contributed by atoms with Crippen LogP contribution in [-0.4, -0.2) is 24.4 Å². The molecule has 1 aromatic rings. The number of nitrogens with one attached hydrogen (secondary N) is 3. The van der Waals surface area contributed by atoms with Crippen LogP contribution < -0.4 is 16.0 Å². The van der Waals surface area contributed by atoms with E-state index in [2.05, 4.69) is 16.0 Å². The van der Waals surface area contributed by atoms with Crippen molar-refractivity contribution < 1.29 is 9.59 Å². The molecule has 1 aromatic carbocycles. The van der Waals surface area contributed by atoms with Gasteiger partial charge in [0.05, 0.1) is 6.04 Å². The number of carbonyl (C=O) groups excluding carboxylic acids is 2. The average Bonchev–Trinajstić information content (AvgIpc) is 2.43. The molecule has 0 bridgehead atoms. The fourth-order valence-corrected chi connectivity index (χ4v) is 2.33. The Bertz CT molecular complexity index is 508. The van der Waals surface area contributed by atoms with Gasteiger partial charge in [0.2, 0.25) is 11.8 Å². The van der Waals surface area contributed by atoms with E-state index in [1.54, 1.807) is 6.07 Å². The van der Waals surface area contributed by atoms with Crippen molar-refractivity contribution in [1.29, 1.82) is 0 Å². The second kappa shape index (κ2) is 6.52. The van der Waals surface area contributed by atoms with Gasteiger partial charge >= 0.3 is 0 Å². The minimum Gasteiger partial charge on any atom is -0.326 e. The van der Waals surface area contributed by atoms with Crippen LogP contribution in [0.15, 0.2) is 18.2 Å². The lowest BCUT2D eigenvalue weighted by Gasteiger charge is -2.23. The molecule has 3 N–H and O–H groups in total. The van der Waals surface area contributed by atoms with Crippen molar-refractivity contribution in [3.63, 3.8) is 0 Å². The Morgan fingerprint density at radius 1 is 1.25 bits per heavy atom. The number of anilines is 2. The normalized spacial score (nSPS) is 18.4. The SMILES string of the molecule is CC(=O)Nc1ccc(C)c(NC(=O)C2CCCCN2)c1. The Morgan fingerprint density at radius 2 is 2.05 bits per heavy atom. The Balaban J connectivity index is 2.07. The van der Waals surface area contributed by atoms with Gasteiger partial charge in [-0.1, -0.05) is 12.5 Å². The van der Waals surface area contributed by atoms with E-state index in [0.29, 0.717) is 5.69 Å². The number of piperidine rings is 1. The minimum atomic E-state index is -0.125. The molecule has 0 spiro atoms. The van der Waals surface area contributed by atoms with Crippen molar-refractivity contribution in [2.24, 2.45) is 0 Å². The molecule has 0 aromatic heterocycles. The monoisotopic (exact) mass is 275 g/mol. The summed E-state index contributed by atoms with van der Waals surface area (Å²) in [7, 11) is 0. The van der Waals surface area contributed by atoms with Crippen LogP contribution in [0.4, 0.5) is 11.4 Å². The summed E-state index contributed by atoms with van der Waals surface area (Å²) in [5.41, 5.74) is 2.41. The molecule has 1 aliphatic heterocycles. The highest BCUT2D eigenvalue weighted by Crippen LogP contribution is 2.21. The third-order valence-electron chi connectivity index (χ3n) is 3.44. The van der Waals surface area contributed by atoms with Crippen LogP contribution >= 0.6 is 0 Å². The van der Waals surface area contributed by atoms with E-state index in [9.17, 15) is 9.59 Å². The van der Waals surface area contributed by atoms with Crippen molar-refractivity contribution >= 4 is 23.2 Å². The maximum atomic E-state index is 12.2. The van der Waals surface area contributed by atoms with Crippen molar-refractivity contribution in [3.8, 4) is 0 Å². The quantitative estimate of drug-likeness (QED) is 0.790. The second-order valence-corrected chi connectivity index (χ2v) is 5.20. The first-order valence-electron chi connectivity index (χ1n) is 6.99. The van der Waals surface area contributed by atoms with E-state index in [-0.39, 0.29) is 17.9 Å². The Kier molecular flexibility index (Phi) is 4.74. The minimum absolute atomic E-state index is 0.00669. The van der Waals surface area contributed by atoms with E-state index >= 15 is 0 Å². The predicted octanol–water partition coefficient (Wildman–Crippen LogP) is 2.03. The summed E-state index contributed by atoms with van der Waals surface area (Å²) in [4.78, 5) is 23.3. The van der Waals surface area contributed by atoms with Crippen LogP contribution in [-0.2, 0) is 9.59 Å². The first-order chi connectivity index (χ1) is 9.56. The zero-order chi connectivity index (χ0) is 14.5. The van der Waals surface area contributed by atoms with Crippen LogP contribution in [0.5, 0.6) is 0 Å². The highest BCUT2D eigenvalue weighted by atomic mass is 16.2. The topological polar surface area (TPSA) is 70.2 Å². The summed E-state index contributed by atoms with van der Waals surface area (Å²) < 4.78 is 0. The zero-order valence-electron chi connectivity index (χ0n) is 12.0. The van der Waals surface area contributed by atoms with Crippen molar-refractivity contribution in [2.75, 3.05) is 17.2 Å². The van der Waals surface area contributed by atoms with Crippen LogP contribution in [0, 0.1) is 6.92 Å². The van der Waals surface area contributed by atoms with Gasteiger partial charge < -0.3 is 16.0 Å². The van der Waals surface area contributed by atoms with E-state index in [1.165, 1.54) is 6.92 Å². The lowest BCUT2D eigenvalue weighted by Crippen LogP contribution is -2.43. The largest absolute Gasteiger partial charge is 0.326 e. The first-order valence-corrected chi connectivity index (χ1v) is 6.99. The molecule has 20 heavy (non-hydrogen) atoms. The standard InChI is InChI=1S/C15H21N3O2/c1-10-6-7-12(17-11(2)19)9-14(10)18-15(20)13-5-3-4-8-16-13/h6-7,9,13,16H,3-5,8H2,1-2H3,(H,17,19)(H,18,20). The molecule has 1 fully saturated rings. The molecule has 0 radical (unpaired) electrons. The molecule has 0 aliphatic carbocycles. The van der Waals surface area contributed by atoms with E-state index in [0.717, 1.165) is 37.1 Å². The van der Waals surface area contributed by atoms with E-state index in [4.69, 9.17) is 0 Å². The van der Waals surface area contributed by atoms with Gasteiger partial charge in [-0.3, -0.25) is 9.59 Å². The second-order valence-electron chi connectivity index (χ2n) is 5.20. The maximum absolute atomic E-state index is 12.2. The number of aryl methyl sites for hydroxylation is 1. The molecular weight excluding hydrogens is 254 g/mol. The van der Waals surface area contributed by atoms with Gasteiger partial charge in [-0.2, -0.15) is 0 Å². The molecule has 1 unspecified atom stereocenters. The molecular formula is C15H21N3O2. The maximum Gasteiger partial charge on any atom is 0.241 e. The summed E-state index contributed by atoms with van der Waals surface area (Å²) in [6.07, 6.45) is 3.08. The number of rotatable bonds is 3. The summed E-state index contributed by atoms with van der Waals surface area (Å²) in [6, 6.07) is 5.38. The first kappa shape index (κ1) is 14.5. The molecule has 0 saturated carbocycles. The summed E-state index contributed by atoms with van der Waals surface area (Å²) in [5, 5.41) is 8.88. The van der Waals surface area contributed by atoms with E-state index in [1.807, 2.05) is 19.1 Å². The average molecular weight is 275 g/mol. The number of hydrogen-bond donors (Lipinski definition) is 3. The number of benzene rings is 1. The van der Waals surface area contributed by atoms with Crippen molar-refractivity contribution in [3.05, 3.63) is 23.8 Å². The van der Waals surface area contributed by atoms with Crippen molar-refractivity contribution in [2.45, 2.75) is 39.2 Å². The van der Waals surface area contributed by atoms with Gasteiger partial charge in [0, 0.05) is 18.3 Å². The Morgan fingerprint density at radius 3 is 2.70 bits per heavy atom. The molecule has 5 nitrogen and oxygen atoms in total. The lowest BCUT2D eigenvalue weighted by atomic mass is 10.0. The Hall–Kier alpha value is -1.88. The van der Waals surface area contributed by atoms with Gasteiger partial charge in [-0.15, -0.1) is 0 Å². The predicted molar refractivity (Wildman–Crippen MR) is 79.8 cm³/mol. The molecule has 108 valence electrons. The van der Waals surface area contributed by atoms with Crippen molar-refractivity contribution in [1.82, 2.24) is 5.32 Å². The number of carbonyl (C=O) groups is 2. The smallest absolute Gasteiger partial charge is 0.241 e. The molecule has 1 aliphatic rings. The van der Waals surface area contributed by atoms with Crippen LogP contribution in [0.2, 0.25) is 0 Å². The van der Waals surface area contributed by atoms with Gasteiger partial charge in [0.1, 0.15) is 0 Å². The summed E-state index contributed by atoms with van der Waals surface area (Å²) in [5.74, 6) is -0.132. The Labute approximate surface area is 119 Å². The number of amides is 2. The van der Waals surface area contributed by atoms with Crippen LogP contribution in [0.1, 0.15) is 31.7 Å². The highest BCUT2D eigenvalue weighted by molar-refractivity contribution is 5.97. The summed E-state index contributed by atoms with van der Waals surface area (Å²) in [6.45, 7) is 4.29. The van der Waals surface area contributed by atoms with Crippen LogP contribution in [0.3, 0.4) is 0 Å². The molecule has 1 heterocycles. The third kappa shape index (κ3) is 3.81. The molecule has 5 heteroatoms. The number of hydrogen-bond acceptors (Lipinski definition) is 3. The zero-order valence-corrected chi connectivity index (χ0v) is 12.0. The fraction of sp³-hybridized carbons (Fsp3) is 0.467. The summed E-state index contributed by atoms with van der Waals surface area (Å²) >= 11 is 0.